The maximum Gasteiger partial charge on any atom is 0.235 e. The van der Waals surface area contributed by atoms with Crippen LogP contribution in [0.15, 0.2) is 194 Å². The Labute approximate surface area is 301 Å². The lowest BCUT2D eigenvalue weighted by atomic mass is 10.0. The molecule has 0 atom stereocenters. The molecule has 0 aliphatic rings. The van der Waals surface area contributed by atoms with E-state index in [-0.39, 0.29) is 0 Å². The van der Waals surface area contributed by atoms with Crippen molar-refractivity contribution in [1.82, 2.24) is 18.9 Å². The van der Waals surface area contributed by atoms with E-state index in [2.05, 4.69) is 191 Å². The lowest BCUT2D eigenvalue weighted by Crippen LogP contribution is -1.95. The Morgan fingerprint density at radius 2 is 0.846 bits per heavy atom. The predicted molar refractivity (Wildman–Crippen MR) is 215 cm³/mol. The van der Waals surface area contributed by atoms with Gasteiger partial charge in [0.05, 0.1) is 28.1 Å². The molecule has 0 fully saturated rings. The standard InChI is InChI=1S/C48H32N4/c1-5-13-33(14-6-1)38-23-27-44-41(31-38)42-32-39(34-15-7-2-8-16-34)24-28-45(42)52(44)40-25-21-35(22-26-40)43-29-30-51-47(37-19-11-4-12-20-37)46(50-48(51)49-43)36-17-9-3-10-18-36/h1-32H. The van der Waals surface area contributed by atoms with Gasteiger partial charge < -0.3 is 4.57 Å². The summed E-state index contributed by atoms with van der Waals surface area (Å²) in [5.41, 5.74) is 14.3. The van der Waals surface area contributed by atoms with E-state index in [4.69, 9.17) is 9.97 Å². The Balaban J connectivity index is 1.09. The molecule has 52 heavy (non-hydrogen) atoms. The van der Waals surface area contributed by atoms with Gasteiger partial charge in [0, 0.05) is 39.3 Å². The number of fused-ring (bicyclic) bond motifs is 4. The maximum atomic E-state index is 5.09. The fourth-order valence-electron chi connectivity index (χ4n) is 7.46. The van der Waals surface area contributed by atoms with E-state index in [0.29, 0.717) is 5.78 Å². The van der Waals surface area contributed by atoms with Crippen LogP contribution in [0.4, 0.5) is 0 Å². The average molecular weight is 665 g/mol. The van der Waals surface area contributed by atoms with Crippen LogP contribution in [-0.2, 0) is 0 Å². The third-order valence-electron chi connectivity index (χ3n) is 9.99. The normalized spacial score (nSPS) is 11.5. The van der Waals surface area contributed by atoms with E-state index >= 15 is 0 Å². The second-order valence-electron chi connectivity index (χ2n) is 13.1. The molecule has 4 nitrogen and oxygen atoms in total. The molecule has 0 spiro atoms. The number of imidazole rings is 1. The molecular weight excluding hydrogens is 633 g/mol. The highest BCUT2D eigenvalue weighted by molar-refractivity contribution is 6.11. The van der Waals surface area contributed by atoms with Crippen molar-refractivity contribution >= 4 is 27.6 Å². The first-order valence-corrected chi connectivity index (χ1v) is 17.6. The molecule has 10 rings (SSSR count). The molecular formula is C48H32N4. The molecule has 0 unspecified atom stereocenters. The topological polar surface area (TPSA) is 35.1 Å². The van der Waals surface area contributed by atoms with Crippen molar-refractivity contribution in [2.45, 2.75) is 0 Å². The second-order valence-corrected chi connectivity index (χ2v) is 13.1. The van der Waals surface area contributed by atoms with Gasteiger partial charge in [0.15, 0.2) is 0 Å². The number of benzene rings is 7. The van der Waals surface area contributed by atoms with Gasteiger partial charge in [-0.05, 0) is 64.7 Å². The van der Waals surface area contributed by atoms with E-state index in [9.17, 15) is 0 Å². The molecule has 0 saturated heterocycles. The van der Waals surface area contributed by atoms with Gasteiger partial charge in [-0.1, -0.05) is 146 Å². The SMILES string of the molecule is c1ccc(-c2ccc3c(c2)c2cc(-c4ccccc4)ccc2n3-c2ccc(-c3ccn4c(-c5ccccc5)c(-c5ccccc5)nc4n3)cc2)cc1. The molecule has 7 aromatic carbocycles. The molecule has 4 heteroatoms. The summed E-state index contributed by atoms with van der Waals surface area (Å²) in [4.78, 5) is 10.2. The van der Waals surface area contributed by atoms with Crippen molar-refractivity contribution in [3.05, 3.63) is 194 Å². The molecule has 0 radical (unpaired) electrons. The van der Waals surface area contributed by atoms with Crippen LogP contribution in [0.25, 0.3) is 89.3 Å². The van der Waals surface area contributed by atoms with Crippen LogP contribution < -0.4 is 0 Å². The molecule has 244 valence electrons. The summed E-state index contributed by atoms with van der Waals surface area (Å²) in [7, 11) is 0. The minimum Gasteiger partial charge on any atom is -0.309 e. The van der Waals surface area contributed by atoms with Crippen molar-refractivity contribution < 1.29 is 0 Å². The van der Waals surface area contributed by atoms with Crippen molar-refractivity contribution in [2.24, 2.45) is 0 Å². The fourth-order valence-corrected chi connectivity index (χ4v) is 7.46. The van der Waals surface area contributed by atoms with Crippen molar-refractivity contribution in [3.63, 3.8) is 0 Å². The zero-order valence-electron chi connectivity index (χ0n) is 28.3. The van der Waals surface area contributed by atoms with Crippen LogP contribution in [0.2, 0.25) is 0 Å². The number of hydrogen-bond acceptors (Lipinski definition) is 2. The Morgan fingerprint density at radius 1 is 0.365 bits per heavy atom. The molecule has 0 aliphatic heterocycles. The Bertz CT molecular complexity index is 2760. The average Bonchev–Trinajstić information content (AvgIpc) is 3.77. The molecule has 3 heterocycles. The summed E-state index contributed by atoms with van der Waals surface area (Å²) in [6.45, 7) is 0. The van der Waals surface area contributed by atoms with Crippen molar-refractivity contribution in [1.29, 1.82) is 0 Å². The second kappa shape index (κ2) is 12.4. The smallest absolute Gasteiger partial charge is 0.235 e. The van der Waals surface area contributed by atoms with Crippen LogP contribution >= 0.6 is 0 Å². The molecule has 0 saturated carbocycles. The lowest BCUT2D eigenvalue weighted by Gasteiger charge is -2.10. The summed E-state index contributed by atoms with van der Waals surface area (Å²) >= 11 is 0. The van der Waals surface area contributed by atoms with E-state index in [0.717, 1.165) is 39.5 Å². The fraction of sp³-hybridized carbons (Fsp3) is 0. The molecule has 0 aliphatic carbocycles. The summed E-state index contributed by atoms with van der Waals surface area (Å²) in [5.74, 6) is 0.671. The van der Waals surface area contributed by atoms with Gasteiger partial charge in [-0.2, -0.15) is 0 Å². The van der Waals surface area contributed by atoms with Gasteiger partial charge in [0.25, 0.3) is 0 Å². The molecule has 3 aromatic heterocycles. The minimum absolute atomic E-state index is 0.671. The third kappa shape index (κ3) is 5.09. The summed E-state index contributed by atoms with van der Waals surface area (Å²) in [6, 6.07) is 66.5. The van der Waals surface area contributed by atoms with Crippen LogP contribution in [0.1, 0.15) is 0 Å². The quantitative estimate of drug-likeness (QED) is 0.177. The summed E-state index contributed by atoms with van der Waals surface area (Å²) in [6.07, 6.45) is 2.09. The van der Waals surface area contributed by atoms with E-state index in [1.54, 1.807) is 0 Å². The highest BCUT2D eigenvalue weighted by atomic mass is 15.1. The Kier molecular flexibility index (Phi) is 7.10. The van der Waals surface area contributed by atoms with E-state index < -0.39 is 0 Å². The van der Waals surface area contributed by atoms with E-state index in [1.165, 1.54) is 44.1 Å². The monoisotopic (exact) mass is 664 g/mol. The van der Waals surface area contributed by atoms with E-state index in [1.807, 2.05) is 12.1 Å². The minimum atomic E-state index is 0.671. The third-order valence-corrected chi connectivity index (χ3v) is 9.99. The molecule has 0 amide bonds. The Morgan fingerprint density at radius 3 is 1.38 bits per heavy atom. The highest BCUT2D eigenvalue weighted by Crippen LogP contribution is 2.38. The first kappa shape index (κ1) is 29.8. The van der Waals surface area contributed by atoms with Crippen LogP contribution in [0, 0.1) is 0 Å². The van der Waals surface area contributed by atoms with Gasteiger partial charge >= 0.3 is 0 Å². The van der Waals surface area contributed by atoms with Gasteiger partial charge in [-0.25, -0.2) is 9.97 Å². The number of nitrogens with zero attached hydrogens (tertiary/aromatic N) is 4. The van der Waals surface area contributed by atoms with Gasteiger partial charge in [0.2, 0.25) is 5.78 Å². The molecule has 0 N–H and O–H groups in total. The highest BCUT2D eigenvalue weighted by Gasteiger charge is 2.18. The summed E-state index contributed by atoms with van der Waals surface area (Å²) in [5, 5.41) is 2.46. The number of aromatic nitrogens is 4. The number of hydrogen-bond donors (Lipinski definition) is 0. The first-order chi connectivity index (χ1) is 25.8. The molecule has 0 bridgehead atoms. The summed E-state index contributed by atoms with van der Waals surface area (Å²) < 4.78 is 4.47. The molecule has 10 aromatic rings. The lowest BCUT2D eigenvalue weighted by molar-refractivity contribution is 1.11. The van der Waals surface area contributed by atoms with Crippen molar-refractivity contribution in [2.75, 3.05) is 0 Å². The largest absolute Gasteiger partial charge is 0.309 e. The number of rotatable bonds is 6. The van der Waals surface area contributed by atoms with Gasteiger partial charge in [-0.3, -0.25) is 4.40 Å². The van der Waals surface area contributed by atoms with Gasteiger partial charge in [0.1, 0.15) is 0 Å². The van der Waals surface area contributed by atoms with Crippen LogP contribution in [-0.4, -0.2) is 18.9 Å². The maximum absolute atomic E-state index is 5.09. The predicted octanol–water partition coefficient (Wildman–Crippen LogP) is 12.2. The van der Waals surface area contributed by atoms with Crippen LogP contribution in [0.3, 0.4) is 0 Å². The zero-order chi connectivity index (χ0) is 34.4. The first-order valence-electron chi connectivity index (χ1n) is 17.6. The van der Waals surface area contributed by atoms with Crippen molar-refractivity contribution in [3.8, 4) is 61.7 Å². The van der Waals surface area contributed by atoms with Crippen LogP contribution in [0.5, 0.6) is 0 Å². The zero-order valence-corrected chi connectivity index (χ0v) is 28.3. The van der Waals surface area contributed by atoms with Gasteiger partial charge in [-0.15, -0.1) is 0 Å². The Hall–Kier alpha value is -7.04.